The van der Waals surface area contributed by atoms with E-state index in [1.165, 1.54) is 0 Å². The lowest BCUT2D eigenvalue weighted by atomic mass is 10.0. The third-order valence-corrected chi connectivity index (χ3v) is 2.44. The summed E-state index contributed by atoms with van der Waals surface area (Å²) in [5, 5.41) is 22.0. The van der Waals surface area contributed by atoms with Gasteiger partial charge in [-0.05, 0) is 5.56 Å². The van der Waals surface area contributed by atoms with E-state index in [9.17, 15) is 10.2 Å². The number of rotatable bonds is 1. The Labute approximate surface area is 89.2 Å². The van der Waals surface area contributed by atoms with Crippen LogP contribution in [0.1, 0.15) is 11.6 Å². The van der Waals surface area contributed by atoms with Crippen LogP contribution in [0.5, 0.6) is 0 Å². The van der Waals surface area contributed by atoms with Gasteiger partial charge in [-0.3, -0.25) is 0 Å². The molecule has 1 aliphatic rings. The van der Waals surface area contributed by atoms with Crippen LogP contribution in [0.25, 0.3) is 0 Å². The summed E-state index contributed by atoms with van der Waals surface area (Å²) in [6.07, 6.45) is -1.34. The minimum absolute atomic E-state index is 0. The minimum atomic E-state index is -0.692. The van der Waals surface area contributed by atoms with Crippen LogP contribution >= 0.6 is 12.4 Å². The molecule has 2 rings (SSSR count). The number of aliphatic hydroxyl groups excluding tert-OH is 2. The largest absolute Gasteiger partial charge is 0.389 e. The van der Waals surface area contributed by atoms with Gasteiger partial charge < -0.3 is 15.5 Å². The second kappa shape index (κ2) is 4.75. The van der Waals surface area contributed by atoms with Gasteiger partial charge >= 0.3 is 0 Å². The first-order chi connectivity index (χ1) is 6.29. The first-order valence-electron chi connectivity index (χ1n) is 4.43. The van der Waals surface area contributed by atoms with Gasteiger partial charge in [0.1, 0.15) is 6.10 Å². The average Bonchev–Trinajstić information content (AvgIpc) is 2.49. The zero-order valence-corrected chi connectivity index (χ0v) is 8.45. The number of benzene rings is 1. The predicted molar refractivity (Wildman–Crippen MR) is 56.4 cm³/mol. The second-order valence-electron chi connectivity index (χ2n) is 3.35. The zero-order chi connectivity index (χ0) is 9.26. The maximum Gasteiger partial charge on any atom is 0.101 e. The Morgan fingerprint density at radius 1 is 1.14 bits per heavy atom. The quantitative estimate of drug-likeness (QED) is 0.639. The van der Waals surface area contributed by atoms with E-state index in [1.54, 1.807) is 0 Å². The van der Waals surface area contributed by atoms with E-state index in [-0.39, 0.29) is 18.4 Å². The second-order valence-corrected chi connectivity index (χ2v) is 3.35. The van der Waals surface area contributed by atoms with Crippen LogP contribution in [0, 0.1) is 0 Å². The summed E-state index contributed by atoms with van der Waals surface area (Å²) in [7, 11) is 0. The number of hydrogen-bond donors (Lipinski definition) is 3. The molecule has 0 aliphatic carbocycles. The third kappa shape index (κ3) is 2.07. The molecule has 0 unspecified atom stereocenters. The normalized spacial score (nSPS) is 31.1. The molecule has 1 aromatic rings. The lowest BCUT2D eigenvalue weighted by molar-refractivity contribution is 0.0405. The first-order valence-corrected chi connectivity index (χ1v) is 4.43. The van der Waals surface area contributed by atoms with Crippen molar-refractivity contribution >= 4 is 12.4 Å². The van der Waals surface area contributed by atoms with Gasteiger partial charge in [0, 0.05) is 6.54 Å². The molecular weight excluding hydrogens is 202 g/mol. The summed E-state index contributed by atoms with van der Waals surface area (Å²) in [5.74, 6) is 0. The first kappa shape index (κ1) is 11.5. The van der Waals surface area contributed by atoms with E-state index in [2.05, 4.69) is 5.32 Å². The van der Waals surface area contributed by atoms with Crippen molar-refractivity contribution in [1.29, 1.82) is 0 Å². The highest BCUT2D eigenvalue weighted by Crippen LogP contribution is 2.23. The van der Waals surface area contributed by atoms with Crippen LogP contribution in [0.2, 0.25) is 0 Å². The highest BCUT2D eigenvalue weighted by molar-refractivity contribution is 5.85. The fraction of sp³-hybridized carbons (Fsp3) is 0.400. The molecule has 1 heterocycles. The van der Waals surface area contributed by atoms with Gasteiger partial charge in [0.05, 0.1) is 12.1 Å². The molecule has 0 aromatic heterocycles. The van der Waals surface area contributed by atoms with E-state index in [0.29, 0.717) is 6.54 Å². The Morgan fingerprint density at radius 3 is 2.29 bits per heavy atom. The highest BCUT2D eigenvalue weighted by atomic mass is 35.5. The van der Waals surface area contributed by atoms with Crippen molar-refractivity contribution in [2.75, 3.05) is 6.54 Å². The summed E-state index contributed by atoms with van der Waals surface area (Å²) < 4.78 is 0. The molecule has 3 atom stereocenters. The van der Waals surface area contributed by atoms with E-state index < -0.39 is 12.2 Å². The van der Waals surface area contributed by atoms with Crippen LogP contribution < -0.4 is 5.32 Å². The van der Waals surface area contributed by atoms with Crippen LogP contribution in [0.3, 0.4) is 0 Å². The molecule has 1 fully saturated rings. The van der Waals surface area contributed by atoms with Gasteiger partial charge in [0.25, 0.3) is 0 Å². The monoisotopic (exact) mass is 215 g/mol. The van der Waals surface area contributed by atoms with Crippen LogP contribution in [0.4, 0.5) is 0 Å². The van der Waals surface area contributed by atoms with Gasteiger partial charge in [-0.15, -0.1) is 12.4 Å². The Hall–Kier alpha value is -0.610. The molecule has 4 heteroatoms. The molecule has 78 valence electrons. The summed E-state index contributed by atoms with van der Waals surface area (Å²) >= 11 is 0. The molecule has 0 spiro atoms. The maximum atomic E-state index is 9.60. The smallest absolute Gasteiger partial charge is 0.101 e. The van der Waals surface area contributed by atoms with Gasteiger partial charge in [0.15, 0.2) is 0 Å². The summed E-state index contributed by atoms with van der Waals surface area (Å²) in [6, 6.07) is 9.54. The van der Waals surface area contributed by atoms with E-state index in [4.69, 9.17) is 0 Å². The van der Waals surface area contributed by atoms with Crippen LogP contribution in [-0.2, 0) is 0 Å². The lowest BCUT2D eigenvalue weighted by Gasteiger charge is -2.15. The molecule has 0 radical (unpaired) electrons. The van der Waals surface area contributed by atoms with E-state index in [0.717, 1.165) is 5.56 Å². The topological polar surface area (TPSA) is 52.5 Å². The van der Waals surface area contributed by atoms with Crippen molar-refractivity contribution in [3.05, 3.63) is 35.9 Å². The third-order valence-electron chi connectivity index (χ3n) is 2.44. The molecule has 3 nitrogen and oxygen atoms in total. The Kier molecular flexibility index (Phi) is 3.89. The number of halogens is 1. The fourth-order valence-corrected chi connectivity index (χ4v) is 1.69. The molecule has 1 aliphatic heterocycles. The predicted octanol–water partition coefficient (Wildman–Crippen LogP) is 0.474. The van der Waals surface area contributed by atoms with Crippen molar-refractivity contribution < 1.29 is 10.2 Å². The average molecular weight is 216 g/mol. The molecule has 0 amide bonds. The molecule has 1 saturated heterocycles. The molecule has 3 N–H and O–H groups in total. The van der Waals surface area contributed by atoms with Gasteiger partial charge in [-0.1, -0.05) is 30.3 Å². The van der Waals surface area contributed by atoms with Crippen molar-refractivity contribution in [3.63, 3.8) is 0 Å². The Morgan fingerprint density at radius 2 is 1.79 bits per heavy atom. The number of nitrogens with one attached hydrogen (secondary N) is 1. The maximum absolute atomic E-state index is 9.60. The minimum Gasteiger partial charge on any atom is -0.389 e. The SMILES string of the molecule is Cl.O[C@@H]1[C@@H](O)CN[C@H]1c1ccccc1. The van der Waals surface area contributed by atoms with Crippen molar-refractivity contribution in [2.24, 2.45) is 0 Å². The van der Waals surface area contributed by atoms with E-state index in [1.807, 2.05) is 30.3 Å². The molecule has 0 saturated carbocycles. The molecule has 1 aromatic carbocycles. The van der Waals surface area contributed by atoms with Crippen molar-refractivity contribution in [2.45, 2.75) is 18.2 Å². The molecule has 14 heavy (non-hydrogen) atoms. The number of β-amino-alcohol motifs (C(OH)–C–C–N with tert-alkyl or cyclic N) is 1. The highest BCUT2D eigenvalue weighted by Gasteiger charge is 2.33. The van der Waals surface area contributed by atoms with Crippen molar-refractivity contribution in [1.82, 2.24) is 5.32 Å². The van der Waals surface area contributed by atoms with Crippen molar-refractivity contribution in [3.8, 4) is 0 Å². The van der Waals surface area contributed by atoms with E-state index >= 15 is 0 Å². The fourth-order valence-electron chi connectivity index (χ4n) is 1.69. The Bertz CT molecular complexity index is 281. The molecule has 0 bridgehead atoms. The standard InChI is InChI=1S/C10H13NO2.ClH/c12-8-6-11-9(10(8)13)7-4-2-1-3-5-7;/h1-5,8-13H,6H2;1H/t8-,9-,10+;/m0./s1. The van der Waals surface area contributed by atoms with Gasteiger partial charge in [-0.25, -0.2) is 0 Å². The summed E-state index contributed by atoms with van der Waals surface area (Å²) in [4.78, 5) is 0. The number of hydrogen-bond acceptors (Lipinski definition) is 3. The zero-order valence-electron chi connectivity index (χ0n) is 7.63. The van der Waals surface area contributed by atoms with Gasteiger partial charge in [0.2, 0.25) is 0 Å². The van der Waals surface area contributed by atoms with Crippen LogP contribution in [0.15, 0.2) is 30.3 Å². The summed E-state index contributed by atoms with van der Waals surface area (Å²) in [5.41, 5.74) is 1.02. The summed E-state index contributed by atoms with van der Waals surface area (Å²) in [6.45, 7) is 0.459. The molecular formula is C10H14ClNO2. The number of aliphatic hydroxyl groups is 2. The van der Waals surface area contributed by atoms with Gasteiger partial charge in [-0.2, -0.15) is 0 Å². The Balaban J connectivity index is 0.000000980. The lowest BCUT2D eigenvalue weighted by Crippen LogP contribution is -2.25. The van der Waals surface area contributed by atoms with Crippen LogP contribution in [-0.4, -0.2) is 29.0 Å².